The Labute approximate surface area is 170 Å². The summed E-state index contributed by atoms with van der Waals surface area (Å²) in [6.07, 6.45) is 1.66. The van der Waals surface area contributed by atoms with E-state index in [0.717, 1.165) is 18.4 Å². The number of halogens is 2. The van der Waals surface area contributed by atoms with Crippen LogP contribution in [0.2, 0.25) is 5.02 Å². The van der Waals surface area contributed by atoms with Gasteiger partial charge in [-0.2, -0.15) is 0 Å². The van der Waals surface area contributed by atoms with Crippen LogP contribution in [0.1, 0.15) is 41.3 Å². The zero-order valence-corrected chi connectivity index (χ0v) is 16.7. The monoisotopic (exact) mass is 410 g/mol. The summed E-state index contributed by atoms with van der Waals surface area (Å²) >= 11 is 6.10. The van der Waals surface area contributed by atoms with E-state index in [2.05, 4.69) is 0 Å². The van der Waals surface area contributed by atoms with Gasteiger partial charge in [-0.05, 0) is 30.9 Å². The quantitative estimate of drug-likeness (QED) is 0.727. The number of nitrogens with zero attached hydrogens (tertiary/aromatic N) is 1. The highest BCUT2D eigenvalue weighted by atomic mass is 35.5. The smallest absolute Gasteiger partial charge is 0.257 e. The van der Waals surface area contributed by atoms with Crippen molar-refractivity contribution in [3.8, 4) is 5.75 Å². The molecule has 2 aromatic rings. The van der Waals surface area contributed by atoms with Crippen molar-refractivity contribution in [1.82, 2.24) is 4.90 Å². The van der Waals surface area contributed by atoms with Crippen molar-refractivity contribution in [2.45, 2.75) is 31.4 Å². The van der Waals surface area contributed by atoms with Crippen molar-refractivity contribution < 1.29 is 14.6 Å². The predicted octanol–water partition coefficient (Wildman–Crippen LogP) is 4.08. The summed E-state index contributed by atoms with van der Waals surface area (Å²) in [5.41, 5.74) is 7.44. The lowest BCUT2D eigenvalue weighted by Gasteiger charge is -2.27. The third-order valence-corrected chi connectivity index (χ3v) is 5.19. The van der Waals surface area contributed by atoms with Gasteiger partial charge in [0.2, 0.25) is 0 Å². The average molecular weight is 411 g/mol. The minimum atomic E-state index is -0.605. The van der Waals surface area contributed by atoms with Gasteiger partial charge in [-0.3, -0.25) is 4.79 Å². The molecule has 1 heterocycles. The van der Waals surface area contributed by atoms with Gasteiger partial charge >= 0.3 is 0 Å². The molecule has 0 bridgehead atoms. The van der Waals surface area contributed by atoms with Crippen molar-refractivity contribution in [2.24, 2.45) is 0 Å². The molecule has 0 aromatic heterocycles. The average Bonchev–Trinajstić information content (AvgIpc) is 3.11. The summed E-state index contributed by atoms with van der Waals surface area (Å²) in [6.45, 7) is 0.649. The number of carbonyl (C=O) groups excluding carboxylic acids is 1. The minimum Gasteiger partial charge on any atom is -0.496 e. The van der Waals surface area contributed by atoms with Crippen LogP contribution in [0.15, 0.2) is 42.5 Å². The lowest BCUT2D eigenvalue weighted by Crippen LogP contribution is -2.36. The molecule has 1 fully saturated rings. The highest BCUT2D eigenvalue weighted by Crippen LogP contribution is 2.33. The van der Waals surface area contributed by atoms with Crippen LogP contribution in [0.4, 0.5) is 5.69 Å². The fourth-order valence-corrected chi connectivity index (χ4v) is 3.64. The Morgan fingerprint density at radius 3 is 2.74 bits per heavy atom. The molecule has 5 nitrogen and oxygen atoms in total. The second-order valence-corrected chi connectivity index (χ2v) is 6.94. The van der Waals surface area contributed by atoms with Crippen LogP contribution >= 0.6 is 24.0 Å². The number of amides is 1. The van der Waals surface area contributed by atoms with Crippen LogP contribution in [0.3, 0.4) is 0 Å². The first-order chi connectivity index (χ1) is 12.5. The van der Waals surface area contributed by atoms with Crippen LogP contribution in [-0.4, -0.2) is 35.6 Å². The zero-order chi connectivity index (χ0) is 18.7. The lowest BCUT2D eigenvalue weighted by atomic mass is 10.00. The zero-order valence-electron chi connectivity index (χ0n) is 15.1. The SMILES string of the molecule is COc1cc(N)c(Cl)cc1C(=O)N1CCCC1CC(O)c1ccccc1.Cl. The number of rotatable bonds is 5. The number of aliphatic hydroxyl groups excluding tert-OH is 1. The van der Waals surface area contributed by atoms with E-state index >= 15 is 0 Å². The molecule has 7 heteroatoms. The summed E-state index contributed by atoms with van der Waals surface area (Å²) in [5.74, 6) is 0.262. The Bertz CT molecular complexity index is 786. The number of aliphatic hydroxyl groups is 1. The molecule has 1 amide bonds. The van der Waals surface area contributed by atoms with Crippen LogP contribution in [0.25, 0.3) is 0 Å². The molecular weight excluding hydrogens is 387 g/mol. The highest BCUT2D eigenvalue weighted by Gasteiger charge is 2.32. The number of methoxy groups -OCH3 is 1. The molecule has 146 valence electrons. The first kappa shape index (κ1) is 21.4. The van der Waals surface area contributed by atoms with Gasteiger partial charge in [0.05, 0.1) is 29.5 Å². The van der Waals surface area contributed by atoms with Gasteiger partial charge in [0.1, 0.15) is 5.75 Å². The maximum absolute atomic E-state index is 13.1. The van der Waals surface area contributed by atoms with E-state index in [9.17, 15) is 9.90 Å². The topological polar surface area (TPSA) is 75.8 Å². The molecule has 2 atom stereocenters. The summed E-state index contributed by atoms with van der Waals surface area (Å²) in [4.78, 5) is 14.9. The summed E-state index contributed by atoms with van der Waals surface area (Å²) in [6, 6.07) is 12.6. The van der Waals surface area contributed by atoms with E-state index in [1.165, 1.54) is 7.11 Å². The van der Waals surface area contributed by atoms with Crippen LogP contribution < -0.4 is 10.5 Å². The number of likely N-dealkylation sites (tertiary alicyclic amines) is 1. The van der Waals surface area contributed by atoms with Gasteiger partial charge in [0.15, 0.2) is 0 Å². The Morgan fingerprint density at radius 1 is 1.37 bits per heavy atom. The fourth-order valence-electron chi connectivity index (χ4n) is 3.48. The van der Waals surface area contributed by atoms with Gasteiger partial charge in [-0.1, -0.05) is 41.9 Å². The number of nitrogen functional groups attached to an aromatic ring is 1. The minimum absolute atomic E-state index is 0. The molecule has 1 aliphatic rings. The van der Waals surface area contributed by atoms with Crippen molar-refractivity contribution in [3.63, 3.8) is 0 Å². The highest BCUT2D eigenvalue weighted by molar-refractivity contribution is 6.33. The fraction of sp³-hybridized carbons (Fsp3) is 0.350. The van der Waals surface area contributed by atoms with Crippen molar-refractivity contribution in [3.05, 3.63) is 58.6 Å². The molecular formula is C20H24Cl2N2O3. The van der Waals surface area contributed by atoms with Gasteiger partial charge in [-0.15, -0.1) is 12.4 Å². The first-order valence-electron chi connectivity index (χ1n) is 8.68. The molecule has 1 aliphatic heterocycles. The van der Waals surface area contributed by atoms with E-state index in [1.54, 1.807) is 17.0 Å². The molecule has 2 unspecified atom stereocenters. The maximum Gasteiger partial charge on any atom is 0.257 e. The van der Waals surface area contributed by atoms with E-state index in [4.69, 9.17) is 22.1 Å². The predicted molar refractivity (Wildman–Crippen MR) is 110 cm³/mol. The van der Waals surface area contributed by atoms with E-state index < -0.39 is 6.10 Å². The Hall–Kier alpha value is -1.95. The number of hydrogen-bond donors (Lipinski definition) is 2. The second kappa shape index (κ2) is 9.31. The summed E-state index contributed by atoms with van der Waals surface area (Å²) in [5, 5.41) is 10.9. The molecule has 0 radical (unpaired) electrons. The van der Waals surface area contributed by atoms with E-state index in [-0.39, 0.29) is 24.4 Å². The number of carbonyl (C=O) groups is 1. The lowest BCUT2D eigenvalue weighted by molar-refractivity contribution is 0.0664. The molecule has 2 aromatic carbocycles. The van der Waals surface area contributed by atoms with Crippen molar-refractivity contribution in [1.29, 1.82) is 0 Å². The molecule has 0 spiro atoms. The normalized spacial score (nSPS) is 17.3. The molecule has 3 rings (SSSR count). The van der Waals surface area contributed by atoms with Crippen LogP contribution in [0.5, 0.6) is 5.75 Å². The number of anilines is 1. The van der Waals surface area contributed by atoms with Gasteiger partial charge in [0, 0.05) is 18.7 Å². The van der Waals surface area contributed by atoms with Gasteiger partial charge in [0.25, 0.3) is 5.91 Å². The van der Waals surface area contributed by atoms with Crippen LogP contribution in [-0.2, 0) is 0 Å². The number of hydrogen-bond acceptors (Lipinski definition) is 4. The molecule has 3 N–H and O–H groups in total. The number of nitrogens with two attached hydrogens (primary N) is 1. The standard InChI is InChI=1S/C20H23ClN2O3.ClH/c1-26-19-12-17(22)16(21)11-15(19)20(25)23-9-5-8-14(23)10-18(24)13-6-3-2-4-7-13;/h2-4,6-7,11-12,14,18,24H,5,8-10,22H2,1H3;1H. The Kier molecular flexibility index (Phi) is 7.36. The van der Waals surface area contributed by atoms with Crippen molar-refractivity contribution >= 4 is 35.6 Å². The third-order valence-electron chi connectivity index (χ3n) is 4.87. The van der Waals surface area contributed by atoms with Gasteiger partial charge < -0.3 is 20.5 Å². The first-order valence-corrected chi connectivity index (χ1v) is 9.06. The third kappa shape index (κ3) is 4.67. The maximum atomic E-state index is 13.1. The van der Waals surface area contributed by atoms with Crippen LogP contribution in [0, 0.1) is 0 Å². The summed E-state index contributed by atoms with van der Waals surface area (Å²) < 4.78 is 5.31. The molecule has 0 aliphatic carbocycles. The number of ether oxygens (including phenoxy) is 1. The Morgan fingerprint density at radius 2 is 2.07 bits per heavy atom. The largest absolute Gasteiger partial charge is 0.496 e. The molecule has 27 heavy (non-hydrogen) atoms. The summed E-state index contributed by atoms with van der Waals surface area (Å²) in [7, 11) is 1.50. The molecule has 0 saturated carbocycles. The molecule has 1 saturated heterocycles. The van der Waals surface area contributed by atoms with E-state index in [0.29, 0.717) is 35.0 Å². The van der Waals surface area contributed by atoms with E-state index in [1.807, 2.05) is 30.3 Å². The Balaban J connectivity index is 0.00000261. The van der Waals surface area contributed by atoms with Gasteiger partial charge in [-0.25, -0.2) is 0 Å². The second-order valence-electron chi connectivity index (χ2n) is 6.53. The van der Waals surface area contributed by atoms with Crippen molar-refractivity contribution in [2.75, 3.05) is 19.4 Å². The number of benzene rings is 2.